The third-order valence-corrected chi connectivity index (χ3v) is 3.68. The molecule has 1 fully saturated rings. The normalized spacial score (nSPS) is 15.3. The van der Waals surface area contributed by atoms with Crippen molar-refractivity contribution in [2.45, 2.75) is 18.9 Å². The number of nitrogens with zero attached hydrogens (tertiary/aromatic N) is 1. The summed E-state index contributed by atoms with van der Waals surface area (Å²) in [6.45, 7) is 0. The Balaban J connectivity index is 1.93. The van der Waals surface area contributed by atoms with Crippen LogP contribution in [0.25, 0.3) is 10.2 Å². The zero-order chi connectivity index (χ0) is 11.1. The van der Waals surface area contributed by atoms with Crippen LogP contribution in [0.4, 0.5) is 0 Å². The van der Waals surface area contributed by atoms with E-state index >= 15 is 0 Å². The number of aromatic nitrogens is 1. The van der Waals surface area contributed by atoms with E-state index in [0.29, 0.717) is 16.1 Å². The average Bonchev–Trinajstić information content (AvgIpc) is 2.96. The van der Waals surface area contributed by atoms with Crippen LogP contribution in [0.2, 0.25) is 4.47 Å². The van der Waals surface area contributed by atoms with Crippen molar-refractivity contribution in [2.24, 2.45) is 0 Å². The maximum Gasteiger partial charge on any atom is 0.251 e. The van der Waals surface area contributed by atoms with E-state index in [1.54, 1.807) is 6.07 Å². The number of rotatable bonds is 2. The van der Waals surface area contributed by atoms with E-state index in [2.05, 4.69) is 10.3 Å². The minimum Gasteiger partial charge on any atom is -0.349 e. The Hall–Kier alpha value is -1.13. The third kappa shape index (κ3) is 1.90. The van der Waals surface area contributed by atoms with Crippen LogP contribution in [0, 0.1) is 0 Å². The fourth-order valence-corrected chi connectivity index (χ4v) is 2.55. The lowest BCUT2D eigenvalue weighted by Crippen LogP contribution is -2.25. The summed E-state index contributed by atoms with van der Waals surface area (Å²) < 4.78 is 1.52. The second kappa shape index (κ2) is 3.71. The molecule has 2 aromatic rings. The summed E-state index contributed by atoms with van der Waals surface area (Å²) in [5.41, 5.74) is 1.44. The van der Waals surface area contributed by atoms with E-state index in [1.807, 2.05) is 12.1 Å². The van der Waals surface area contributed by atoms with Crippen LogP contribution in [0.15, 0.2) is 18.2 Å². The fourth-order valence-electron chi connectivity index (χ4n) is 1.54. The lowest BCUT2D eigenvalue weighted by atomic mass is 10.2. The van der Waals surface area contributed by atoms with Crippen molar-refractivity contribution < 1.29 is 4.79 Å². The Morgan fingerprint density at radius 1 is 1.50 bits per heavy atom. The molecule has 0 bridgehead atoms. The minimum absolute atomic E-state index is 0.0199. The average molecular weight is 253 g/mol. The summed E-state index contributed by atoms with van der Waals surface area (Å²) in [6, 6.07) is 5.87. The number of halogens is 1. The first-order valence-corrected chi connectivity index (χ1v) is 6.29. The van der Waals surface area contributed by atoms with Crippen molar-refractivity contribution in [3.05, 3.63) is 28.2 Å². The first-order chi connectivity index (χ1) is 7.72. The number of amides is 1. The maximum absolute atomic E-state index is 11.8. The number of carbonyl (C=O) groups is 1. The van der Waals surface area contributed by atoms with Gasteiger partial charge in [0.05, 0.1) is 10.2 Å². The van der Waals surface area contributed by atoms with Crippen molar-refractivity contribution in [3.8, 4) is 0 Å². The van der Waals surface area contributed by atoms with Gasteiger partial charge in [-0.2, -0.15) is 0 Å². The molecule has 1 saturated carbocycles. The molecule has 82 valence electrons. The van der Waals surface area contributed by atoms with E-state index in [4.69, 9.17) is 11.6 Å². The fraction of sp³-hybridized carbons (Fsp3) is 0.273. The summed E-state index contributed by atoms with van der Waals surface area (Å²) in [6.07, 6.45) is 2.19. The summed E-state index contributed by atoms with van der Waals surface area (Å²) >= 11 is 7.24. The molecule has 0 spiro atoms. The molecule has 1 N–H and O–H groups in total. The van der Waals surface area contributed by atoms with Gasteiger partial charge in [-0.25, -0.2) is 4.98 Å². The van der Waals surface area contributed by atoms with Crippen molar-refractivity contribution in [1.82, 2.24) is 10.3 Å². The van der Waals surface area contributed by atoms with Crippen molar-refractivity contribution in [3.63, 3.8) is 0 Å². The first kappa shape index (κ1) is 10.1. The molecular weight excluding hydrogens is 244 g/mol. The first-order valence-electron chi connectivity index (χ1n) is 5.09. The summed E-state index contributed by atoms with van der Waals surface area (Å²) in [4.78, 5) is 15.9. The number of hydrogen-bond acceptors (Lipinski definition) is 3. The molecule has 16 heavy (non-hydrogen) atoms. The molecule has 1 aliphatic rings. The van der Waals surface area contributed by atoms with Gasteiger partial charge in [0.1, 0.15) is 0 Å². The molecule has 3 nitrogen and oxygen atoms in total. The molecule has 0 atom stereocenters. The number of fused-ring (bicyclic) bond motifs is 1. The maximum atomic E-state index is 11.8. The van der Waals surface area contributed by atoms with E-state index in [-0.39, 0.29) is 5.91 Å². The Labute approximate surface area is 101 Å². The zero-order valence-electron chi connectivity index (χ0n) is 8.37. The summed E-state index contributed by atoms with van der Waals surface area (Å²) in [5, 5.41) is 2.95. The van der Waals surface area contributed by atoms with Crippen molar-refractivity contribution in [2.75, 3.05) is 0 Å². The quantitative estimate of drug-likeness (QED) is 0.893. The van der Waals surface area contributed by atoms with Gasteiger partial charge in [0.25, 0.3) is 5.91 Å². The predicted octanol–water partition coefficient (Wildman–Crippen LogP) is 2.84. The van der Waals surface area contributed by atoms with Crippen molar-refractivity contribution in [1.29, 1.82) is 0 Å². The number of benzene rings is 1. The highest BCUT2D eigenvalue weighted by Gasteiger charge is 2.23. The number of carbonyl (C=O) groups excluding carboxylic acids is 1. The van der Waals surface area contributed by atoms with Crippen LogP contribution in [-0.4, -0.2) is 16.9 Å². The Morgan fingerprint density at radius 3 is 3.06 bits per heavy atom. The number of hydrogen-bond donors (Lipinski definition) is 1. The lowest BCUT2D eigenvalue weighted by Gasteiger charge is -2.02. The molecule has 0 saturated heterocycles. The Kier molecular flexibility index (Phi) is 2.33. The topological polar surface area (TPSA) is 42.0 Å². The molecule has 0 radical (unpaired) electrons. The molecule has 5 heteroatoms. The van der Waals surface area contributed by atoms with Crippen LogP contribution in [0.3, 0.4) is 0 Å². The van der Waals surface area contributed by atoms with E-state index in [1.165, 1.54) is 11.3 Å². The Bertz CT molecular complexity index is 562. The van der Waals surface area contributed by atoms with Gasteiger partial charge >= 0.3 is 0 Å². The monoisotopic (exact) mass is 252 g/mol. The van der Waals surface area contributed by atoms with E-state index < -0.39 is 0 Å². The van der Waals surface area contributed by atoms with Gasteiger partial charge < -0.3 is 5.32 Å². The number of nitrogens with one attached hydrogen (secondary N) is 1. The highest BCUT2D eigenvalue weighted by Crippen LogP contribution is 2.26. The van der Waals surface area contributed by atoms with Crippen LogP contribution < -0.4 is 5.32 Å². The summed E-state index contributed by atoms with van der Waals surface area (Å²) in [5.74, 6) is -0.0199. The minimum atomic E-state index is -0.0199. The van der Waals surface area contributed by atoms with E-state index in [0.717, 1.165) is 23.1 Å². The van der Waals surface area contributed by atoms with Crippen LogP contribution in [0.1, 0.15) is 23.2 Å². The largest absolute Gasteiger partial charge is 0.349 e. The van der Waals surface area contributed by atoms with Gasteiger partial charge in [0.15, 0.2) is 4.47 Å². The standard InChI is InChI=1S/C11H9ClN2OS/c12-11-14-8-5-6(1-4-9(8)16-11)10(15)13-7-2-3-7/h1,4-5,7H,2-3H2,(H,13,15). The lowest BCUT2D eigenvalue weighted by molar-refractivity contribution is 0.0951. The van der Waals surface area contributed by atoms with Crippen molar-refractivity contribution >= 4 is 39.1 Å². The van der Waals surface area contributed by atoms with Gasteiger partial charge in [-0.1, -0.05) is 11.6 Å². The van der Waals surface area contributed by atoms with E-state index in [9.17, 15) is 4.79 Å². The van der Waals surface area contributed by atoms with Crippen LogP contribution in [-0.2, 0) is 0 Å². The zero-order valence-corrected chi connectivity index (χ0v) is 9.94. The molecule has 1 aromatic carbocycles. The van der Waals surface area contributed by atoms with Gasteiger partial charge in [-0.05, 0) is 31.0 Å². The third-order valence-electron chi connectivity index (χ3n) is 2.54. The smallest absolute Gasteiger partial charge is 0.251 e. The molecule has 1 amide bonds. The van der Waals surface area contributed by atoms with Gasteiger partial charge in [-0.3, -0.25) is 4.79 Å². The highest BCUT2D eigenvalue weighted by atomic mass is 35.5. The Morgan fingerprint density at radius 2 is 2.31 bits per heavy atom. The van der Waals surface area contributed by atoms with Crippen LogP contribution >= 0.6 is 22.9 Å². The summed E-state index contributed by atoms with van der Waals surface area (Å²) in [7, 11) is 0. The van der Waals surface area contributed by atoms with Gasteiger partial charge in [-0.15, -0.1) is 11.3 Å². The molecular formula is C11H9ClN2OS. The van der Waals surface area contributed by atoms with Gasteiger partial charge in [0, 0.05) is 11.6 Å². The number of thiazole rings is 1. The second-order valence-corrected chi connectivity index (χ2v) is 5.51. The second-order valence-electron chi connectivity index (χ2n) is 3.90. The van der Waals surface area contributed by atoms with Crippen LogP contribution in [0.5, 0.6) is 0 Å². The highest BCUT2D eigenvalue weighted by molar-refractivity contribution is 7.22. The molecule has 1 aliphatic carbocycles. The molecule has 3 rings (SSSR count). The predicted molar refractivity (Wildman–Crippen MR) is 65.1 cm³/mol. The van der Waals surface area contributed by atoms with Gasteiger partial charge in [0.2, 0.25) is 0 Å². The molecule has 0 aliphatic heterocycles. The SMILES string of the molecule is O=C(NC1CC1)c1ccc2sc(Cl)nc2c1. The molecule has 1 aromatic heterocycles. The molecule has 0 unspecified atom stereocenters. The molecule has 1 heterocycles.